The van der Waals surface area contributed by atoms with Crippen molar-refractivity contribution in [3.05, 3.63) is 141 Å². The van der Waals surface area contributed by atoms with Crippen LogP contribution in [0.4, 0.5) is 0 Å². The molecule has 0 aliphatic rings. The van der Waals surface area contributed by atoms with Crippen molar-refractivity contribution in [1.29, 1.82) is 0 Å². The number of benzene rings is 4. The number of nitrogens with zero attached hydrogens (tertiary/aromatic N) is 4. The number of aromatic nitrogens is 2. The summed E-state index contributed by atoms with van der Waals surface area (Å²) in [5, 5.41) is 30.7. The van der Waals surface area contributed by atoms with Gasteiger partial charge in [0.1, 0.15) is 22.6 Å². The Hall–Kier alpha value is -6.82. The van der Waals surface area contributed by atoms with E-state index in [0.717, 1.165) is 0 Å². The molecule has 6 aromatic rings. The molecule has 2 amide bonds. The summed E-state index contributed by atoms with van der Waals surface area (Å²) >= 11 is 0. The molecule has 2 aromatic heterocycles. The molecule has 0 unspecified atom stereocenters. The van der Waals surface area contributed by atoms with E-state index < -0.39 is 22.9 Å². The Balaban J connectivity index is 1.28. The number of amides is 2. The molecule has 0 bridgehead atoms. The van der Waals surface area contributed by atoms with Crippen LogP contribution in [0.25, 0.3) is 33.2 Å². The summed E-state index contributed by atoms with van der Waals surface area (Å²) in [7, 11) is 0. The smallest absolute Gasteiger partial charge is 0.331 e. The number of pyridine rings is 2. The fourth-order valence-electron chi connectivity index (χ4n) is 5.45. The van der Waals surface area contributed by atoms with Gasteiger partial charge in [0.15, 0.2) is 0 Å². The van der Waals surface area contributed by atoms with Crippen LogP contribution >= 0.6 is 0 Å². The van der Waals surface area contributed by atoms with Crippen LogP contribution in [-0.4, -0.2) is 42.6 Å². The first kappa shape index (κ1) is 31.2. The minimum atomic E-state index is -1.24. The lowest BCUT2D eigenvalue weighted by molar-refractivity contribution is -0.139. The fraction of sp³-hybridized carbons (Fsp3) is 0.0556. The van der Waals surface area contributed by atoms with Gasteiger partial charge in [0.2, 0.25) is 0 Å². The zero-order chi connectivity index (χ0) is 33.9. The molecule has 0 saturated heterocycles. The van der Waals surface area contributed by atoms with Crippen molar-refractivity contribution < 1.29 is 19.8 Å². The highest BCUT2D eigenvalue weighted by Gasteiger charge is 2.22. The quantitative estimate of drug-likeness (QED) is 0.122. The lowest BCUT2D eigenvalue weighted by Crippen LogP contribution is -2.37. The third-order valence-electron chi connectivity index (χ3n) is 7.72. The first-order valence-corrected chi connectivity index (χ1v) is 14.7. The van der Waals surface area contributed by atoms with Gasteiger partial charge in [-0.3, -0.25) is 28.3 Å². The lowest BCUT2D eigenvalue weighted by Gasteiger charge is -2.15. The van der Waals surface area contributed by atoms with Crippen molar-refractivity contribution in [1.82, 2.24) is 20.0 Å². The Morgan fingerprint density at radius 2 is 0.875 bits per heavy atom. The molecule has 0 fully saturated rings. The van der Waals surface area contributed by atoms with E-state index in [1.165, 1.54) is 23.0 Å². The standard InChI is InChI=1S/C36H28N6O6/c1-21(29-31(43)25-17-9-11-19-27(25)41(35(29)47)23-13-5-3-6-14-23)37-39-33(45)34(46)40-38-22(2)30-32(44)26-18-10-12-20-28(26)42(36(30)48)24-15-7-4-8-16-24/h3-20,43-44H,1-2H3,(H,39,45)(H,40,46)/b37-21-,38-22-. The molecule has 0 atom stereocenters. The zero-order valence-corrected chi connectivity index (χ0v) is 25.7. The van der Waals surface area contributed by atoms with Gasteiger partial charge in [-0.15, -0.1) is 0 Å². The summed E-state index contributed by atoms with van der Waals surface area (Å²) < 4.78 is 2.84. The normalized spacial score (nSPS) is 11.9. The number of hydrogen-bond acceptors (Lipinski definition) is 8. The SMILES string of the molecule is C/C(=N/NC(=O)C(=O)N/N=C(/C)c1c(O)c2ccccc2n(-c2ccccc2)c1=O)c1c(O)c2ccccc2n(-c2ccccc2)c1=O. The first-order chi connectivity index (χ1) is 23.2. The number of carbonyl (C=O) groups is 2. The van der Waals surface area contributed by atoms with Crippen molar-refractivity contribution in [2.75, 3.05) is 0 Å². The number of para-hydroxylation sites is 4. The van der Waals surface area contributed by atoms with E-state index in [1.54, 1.807) is 97.1 Å². The van der Waals surface area contributed by atoms with Crippen LogP contribution in [0.5, 0.6) is 11.5 Å². The third-order valence-corrected chi connectivity index (χ3v) is 7.72. The number of aromatic hydroxyl groups is 2. The van der Waals surface area contributed by atoms with E-state index in [4.69, 9.17) is 0 Å². The molecule has 0 aliphatic heterocycles. The average molecular weight is 641 g/mol. The van der Waals surface area contributed by atoms with Crippen LogP contribution in [-0.2, 0) is 9.59 Å². The monoisotopic (exact) mass is 640 g/mol. The number of rotatable bonds is 6. The number of nitrogens with one attached hydrogen (secondary N) is 2. The molecule has 238 valence electrons. The summed E-state index contributed by atoms with van der Waals surface area (Å²) in [6.45, 7) is 2.81. The predicted molar refractivity (Wildman–Crippen MR) is 183 cm³/mol. The Bertz CT molecular complexity index is 2240. The fourth-order valence-corrected chi connectivity index (χ4v) is 5.45. The second kappa shape index (κ2) is 12.9. The third kappa shape index (κ3) is 5.58. The summed E-state index contributed by atoms with van der Waals surface area (Å²) in [5.74, 6) is -3.14. The molecular weight excluding hydrogens is 612 g/mol. The Labute approximate surface area is 272 Å². The van der Waals surface area contributed by atoms with Gasteiger partial charge in [-0.25, -0.2) is 10.9 Å². The zero-order valence-electron chi connectivity index (χ0n) is 25.7. The van der Waals surface area contributed by atoms with E-state index >= 15 is 0 Å². The Kier molecular flexibility index (Phi) is 8.37. The summed E-state index contributed by atoms with van der Waals surface area (Å²) in [6, 6.07) is 31.3. The molecule has 12 nitrogen and oxygen atoms in total. The van der Waals surface area contributed by atoms with Crippen molar-refractivity contribution >= 4 is 45.0 Å². The van der Waals surface area contributed by atoms with Gasteiger partial charge in [0.05, 0.1) is 22.5 Å². The van der Waals surface area contributed by atoms with Crippen LogP contribution < -0.4 is 22.0 Å². The topological polar surface area (TPSA) is 167 Å². The lowest BCUT2D eigenvalue weighted by atomic mass is 10.1. The summed E-state index contributed by atoms with van der Waals surface area (Å²) in [4.78, 5) is 52.7. The van der Waals surface area contributed by atoms with Gasteiger partial charge >= 0.3 is 11.8 Å². The maximum absolute atomic E-state index is 13.7. The number of fused-ring (bicyclic) bond motifs is 2. The maximum Gasteiger partial charge on any atom is 0.331 e. The van der Waals surface area contributed by atoms with Crippen molar-refractivity contribution in [3.8, 4) is 22.9 Å². The van der Waals surface area contributed by atoms with Crippen molar-refractivity contribution in [2.24, 2.45) is 10.2 Å². The Morgan fingerprint density at radius 3 is 1.25 bits per heavy atom. The molecule has 4 aromatic carbocycles. The molecule has 48 heavy (non-hydrogen) atoms. The highest BCUT2D eigenvalue weighted by atomic mass is 16.3. The molecule has 0 spiro atoms. The molecule has 0 radical (unpaired) electrons. The van der Waals surface area contributed by atoms with Gasteiger partial charge in [0, 0.05) is 22.1 Å². The molecule has 2 heterocycles. The molecule has 12 heteroatoms. The van der Waals surface area contributed by atoms with Crippen LogP contribution in [0.2, 0.25) is 0 Å². The van der Waals surface area contributed by atoms with Crippen LogP contribution in [0.1, 0.15) is 25.0 Å². The number of hydrogen-bond donors (Lipinski definition) is 4. The van der Waals surface area contributed by atoms with Gasteiger partial charge in [-0.05, 0) is 62.4 Å². The van der Waals surface area contributed by atoms with Gasteiger partial charge in [0.25, 0.3) is 11.1 Å². The first-order valence-electron chi connectivity index (χ1n) is 14.7. The molecular formula is C36H28N6O6. The highest BCUT2D eigenvalue weighted by Crippen LogP contribution is 2.29. The summed E-state index contributed by atoms with van der Waals surface area (Å²) in [6.07, 6.45) is 0. The molecule has 0 aliphatic carbocycles. The molecule has 6 rings (SSSR count). The minimum Gasteiger partial charge on any atom is -0.506 e. The maximum atomic E-state index is 13.7. The van der Waals surface area contributed by atoms with E-state index in [9.17, 15) is 29.4 Å². The second-order valence-electron chi connectivity index (χ2n) is 10.7. The van der Waals surface area contributed by atoms with E-state index in [2.05, 4.69) is 21.1 Å². The number of carbonyl (C=O) groups excluding carboxylic acids is 2. The van der Waals surface area contributed by atoms with Crippen LogP contribution in [0.3, 0.4) is 0 Å². The van der Waals surface area contributed by atoms with Gasteiger partial charge in [-0.2, -0.15) is 10.2 Å². The van der Waals surface area contributed by atoms with E-state index in [1.807, 2.05) is 12.1 Å². The van der Waals surface area contributed by atoms with Gasteiger partial charge < -0.3 is 10.2 Å². The molecule has 0 saturated carbocycles. The minimum absolute atomic E-state index is 0.0590. The van der Waals surface area contributed by atoms with Crippen LogP contribution in [0, 0.1) is 0 Å². The highest BCUT2D eigenvalue weighted by molar-refractivity contribution is 6.35. The van der Waals surface area contributed by atoms with Crippen LogP contribution in [0.15, 0.2) is 129 Å². The van der Waals surface area contributed by atoms with Crippen molar-refractivity contribution in [3.63, 3.8) is 0 Å². The Morgan fingerprint density at radius 1 is 0.542 bits per heavy atom. The van der Waals surface area contributed by atoms with E-state index in [-0.39, 0.29) is 34.0 Å². The number of hydrazone groups is 2. The van der Waals surface area contributed by atoms with E-state index in [0.29, 0.717) is 33.2 Å². The molecule has 4 N–H and O–H groups in total. The second-order valence-corrected chi connectivity index (χ2v) is 10.7. The van der Waals surface area contributed by atoms with Crippen molar-refractivity contribution in [2.45, 2.75) is 13.8 Å². The predicted octanol–water partition coefficient (Wildman–Crippen LogP) is 4.09. The average Bonchev–Trinajstić information content (AvgIpc) is 3.10. The van der Waals surface area contributed by atoms with Gasteiger partial charge in [-0.1, -0.05) is 60.7 Å². The summed E-state index contributed by atoms with van der Waals surface area (Å²) in [5.41, 5.74) is 4.55. The largest absolute Gasteiger partial charge is 0.506 e.